The number of hydrogen-bond donors (Lipinski definition) is 2. The van der Waals surface area contributed by atoms with Gasteiger partial charge in [0.2, 0.25) is 5.43 Å². The topological polar surface area (TPSA) is 71.3 Å². The Morgan fingerprint density at radius 1 is 1.46 bits per heavy atom. The number of anilines is 1. The molecule has 128 valence electrons. The van der Waals surface area contributed by atoms with E-state index in [1.54, 1.807) is 22.4 Å². The second-order valence-corrected chi connectivity index (χ2v) is 7.18. The SMILES string of the molecule is CCSCCNc1cc2c(cc1F)c(=O)c(C(=O)O)cn2C1CC1. The number of carboxylic acid groups (broad SMARTS) is 1. The number of aromatic nitrogens is 1. The lowest BCUT2D eigenvalue weighted by Crippen LogP contribution is -2.19. The van der Waals surface area contributed by atoms with Crippen molar-refractivity contribution in [3.05, 3.63) is 39.9 Å². The van der Waals surface area contributed by atoms with Crippen molar-refractivity contribution in [2.75, 3.05) is 23.4 Å². The number of hydrogen-bond acceptors (Lipinski definition) is 4. The van der Waals surface area contributed by atoms with E-state index in [-0.39, 0.29) is 17.0 Å². The Kier molecular flexibility index (Phi) is 4.80. The lowest BCUT2D eigenvalue weighted by Gasteiger charge is -2.14. The van der Waals surface area contributed by atoms with Crippen LogP contribution in [0.3, 0.4) is 0 Å². The molecule has 0 aliphatic heterocycles. The molecule has 5 nitrogen and oxygen atoms in total. The normalized spacial score (nSPS) is 14.1. The second kappa shape index (κ2) is 6.84. The van der Waals surface area contributed by atoms with Gasteiger partial charge >= 0.3 is 5.97 Å². The van der Waals surface area contributed by atoms with Crippen LogP contribution >= 0.6 is 11.8 Å². The largest absolute Gasteiger partial charge is 0.477 e. The van der Waals surface area contributed by atoms with E-state index in [4.69, 9.17) is 0 Å². The van der Waals surface area contributed by atoms with Gasteiger partial charge in [0.25, 0.3) is 0 Å². The maximum Gasteiger partial charge on any atom is 0.341 e. The van der Waals surface area contributed by atoms with Crippen LogP contribution < -0.4 is 10.7 Å². The zero-order valence-corrected chi connectivity index (χ0v) is 14.2. The summed E-state index contributed by atoms with van der Waals surface area (Å²) in [5.74, 6) is 0.0455. The van der Waals surface area contributed by atoms with Crippen LogP contribution in [0.2, 0.25) is 0 Å². The summed E-state index contributed by atoms with van der Waals surface area (Å²) in [6.07, 6.45) is 3.26. The van der Waals surface area contributed by atoms with Gasteiger partial charge in [-0.1, -0.05) is 6.92 Å². The van der Waals surface area contributed by atoms with Gasteiger partial charge in [-0.25, -0.2) is 9.18 Å². The number of fused-ring (bicyclic) bond motifs is 1. The average molecular weight is 350 g/mol. The van der Waals surface area contributed by atoms with Crippen molar-refractivity contribution in [1.29, 1.82) is 0 Å². The molecular formula is C17H19FN2O3S. The highest BCUT2D eigenvalue weighted by atomic mass is 32.2. The first-order chi connectivity index (χ1) is 11.5. The lowest BCUT2D eigenvalue weighted by molar-refractivity contribution is 0.0695. The number of pyridine rings is 1. The molecule has 24 heavy (non-hydrogen) atoms. The molecule has 0 saturated heterocycles. The fourth-order valence-corrected chi connectivity index (χ4v) is 3.25. The molecule has 1 saturated carbocycles. The predicted octanol–water partition coefficient (Wildman–Crippen LogP) is 3.34. The smallest absolute Gasteiger partial charge is 0.341 e. The lowest BCUT2D eigenvalue weighted by atomic mass is 10.1. The molecule has 0 amide bonds. The van der Waals surface area contributed by atoms with Gasteiger partial charge in [0.15, 0.2) is 0 Å². The van der Waals surface area contributed by atoms with E-state index in [1.807, 2.05) is 0 Å². The molecular weight excluding hydrogens is 331 g/mol. The van der Waals surface area contributed by atoms with Gasteiger partial charge < -0.3 is 15.0 Å². The van der Waals surface area contributed by atoms with Crippen molar-refractivity contribution in [3.8, 4) is 0 Å². The third kappa shape index (κ3) is 3.26. The van der Waals surface area contributed by atoms with Gasteiger partial charge in [-0.15, -0.1) is 0 Å². The fourth-order valence-electron chi connectivity index (χ4n) is 2.71. The maximum atomic E-state index is 14.3. The summed E-state index contributed by atoms with van der Waals surface area (Å²) in [6.45, 7) is 2.69. The first kappa shape index (κ1) is 16.8. The molecule has 0 spiro atoms. The van der Waals surface area contributed by atoms with Crippen LogP contribution in [-0.2, 0) is 0 Å². The van der Waals surface area contributed by atoms with Crippen LogP contribution in [0.25, 0.3) is 10.9 Å². The van der Waals surface area contributed by atoms with Crippen LogP contribution in [0.5, 0.6) is 0 Å². The molecule has 1 fully saturated rings. The fraction of sp³-hybridized carbons (Fsp3) is 0.412. The van der Waals surface area contributed by atoms with Crippen molar-refractivity contribution < 1.29 is 14.3 Å². The minimum atomic E-state index is -1.28. The van der Waals surface area contributed by atoms with Crippen molar-refractivity contribution >= 4 is 34.3 Å². The predicted molar refractivity (Wildman–Crippen MR) is 94.9 cm³/mol. The molecule has 2 N–H and O–H groups in total. The molecule has 1 aliphatic rings. The molecule has 1 aromatic heterocycles. The highest BCUT2D eigenvalue weighted by molar-refractivity contribution is 7.99. The number of nitrogens with one attached hydrogen (secondary N) is 1. The van der Waals surface area contributed by atoms with Crippen molar-refractivity contribution in [1.82, 2.24) is 4.57 Å². The van der Waals surface area contributed by atoms with Crippen molar-refractivity contribution in [3.63, 3.8) is 0 Å². The van der Waals surface area contributed by atoms with Gasteiger partial charge in [0, 0.05) is 29.9 Å². The molecule has 2 aromatic rings. The molecule has 0 radical (unpaired) electrons. The van der Waals surface area contributed by atoms with E-state index in [1.165, 1.54) is 6.20 Å². The van der Waals surface area contributed by atoms with Gasteiger partial charge in [-0.05, 0) is 30.7 Å². The molecule has 1 aliphatic carbocycles. The Hall–Kier alpha value is -2.02. The first-order valence-corrected chi connectivity index (χ1v) is 9.11. The molecule has 1 heterocycles. The summed E-state index contributed by atoms with van der Waals surface area (Å²) in [4.78, 5) is 23.6. The molecule has 0 unspecified atom stereocenters. The van der Waals surface area contributed by atoms with Crippen LogP contribution in [0, 0.1) is 5.82 Å². The Morgan fingerprint density at radius 3 is 2.83 bits per heavy atom. The number of carbonyl (C=O) groups is 1. The zero-order valence-electron chi connectivity index (χ0n) is 13.3. The van der Waals surface area contributed by atoms with Gasteiger partial charge in [0.1, 0.15) is 11.4 Å². The third-order valence-corrected chi connectivity index (χ3v) is 4.96. The highest BCUT2D eigenvalue weighted by Gasteiger charge is 2.27. The number of rotatable bonds is 7. The minimum Gasteiger partial charge on any atom is -0.477 e. The summed E-state index contributed by atoms with van der Waals surface area (Å²) >= 11 is 1.76. The van der Waals surface area contributed by atoms with E-state index in [9.17, 15) is 19.1 Å². The second-order valence-electron chi connectivity index (χ2n) is 5.79. The third-order valence-electron chi connectivity index (χ3n) is 4.06. The van der Waals surface area contributed by atoms with Crippen molar-refractivity contribution in [2.24, 2.45) is 0 Å². The van der Waals surface area contributed by atoms with E-state index in [2.05, 4.69) is 12.2 Å². The molecule has 0 bridgehead atoms. The summed E-state index contributed by atoms with van der Waals surface area (Å²) < 4.78 is 16.1. The van der Waals surface area contributed by atoms with Crippen LogP contribution in [0.15, 0.2) is 23.1 Å². The van der Waals surface area contributed by atoms with E-state index in [0.29, 0.717) is 17.7 Å². The summed E-state index contributed by atoms with van der Waals surface area (Å²) in [5.41, 5.74) is -0.0223. The van der Waals surface area contributed by atoms with Gasteiger partial charge in [0.05, 0.1) is 11.2 Å². The maximum absolute atomic E-state index is 14.3. The number of benzene rings is 1. The monoisotopic (exact) mass is 350 g/mol. The Bertz CT molecular complexity index is 846. The van der Waals surface area contributed by atoms with Crippen molar-refractivity contribution in [2.45, 2.75) is 25.8 Å². The van der Waals surface area contributed by atoms with Crippen LogP contribution in [0.4, 0.5) is 10.1 Å². The first-order valence-electron chi connectivity index (χ1n) is 7.96. The average Bonchev–Trinajstić information content (AvgIpc) is 3.37. The standard InChI is InChI=1S/C17H19FN2O3S/c1-2-24-6-5-19-14-8-15-11(7-13(14)18)16(21)12(17(22)23)9-20(15)10-3-4-10/h7-10,19H,2-6H2,1H3,(H,22,23). The Morgan fingerprint density at radius 2 is 2.21 bits per heavy atom. The van der Waals surface area contributed by atoms with Gasteiger partial charge in [-0.3, -0.25) is 4.79 Å². The summed E-state index contributed by atoms with van der Waals surface area (Å²) in [5, 5.41) is 12.4. The number of carboxylic acids is 1. The summed E-state index contributed by atoms with van der Waals surface area (Å²) in [7, 11) is 0. The Balaban J connectivity index is 2.07. The van der Waals surface area contributed by atoms with Crippen LogP contribution in [-0.4, -0.2) is 33.7 Å². The number of thioether (sulfide) groups is 1. The van der Waals surface area contributed by atoms with E-state index >= 15 is 0 Å². The molecule has 1 aromatic carbocycles. The minimum absolute atomic E-state index is 0.118. The molecule has 0 atom stereocenters. The Labute approximate surface area is 142 Å². The number of halogens is 1. The molecule has 7 heteroatoms. The zero-order chi connectivity index (χ0) is 17.3. The van der Waals surface area contributed by atoms with E-state index in [0.717, 1.165) is 30.4 Å². The van der Waals surface area contributed by atoms with E-state index < -0.39 is 17.2 Å². The summed E-state index contributed by atoms with van der Waals surface area (Å²) in [6, 6.07) is 2.95. The quantitative estimate of drug-likeness (QED) is 0.750. The molecule has 3 rings (SSSR count). The number of nitrogens with zero attached hydrogens (tertiary/aromatic N) is 1. The number of aromatic carboxylic acids is 1. The van der Waals surface area contributed by atoms with Gasteiger partial charge in [-0.2, -0.15) is 11.8 Å². The van der Waals surface area contributed by atoms with Crippen LogP contribution in [0.1, 0.15) is 36.2 Å². The highest BCUT2D eigenvalue weighted by Crippen LogP contribution is 2.37.